The summed E-state index contributed by atoms with van der Waals surface area (Å²) < 4.78 is 17.5. The topological polar surface area (TPSA) is 102 Å². The summed E-state index contributed by atoms with van der Waals surface area (Å²) in [5.74, 6) is -0.373. The van der Waals surface area contributed by atoms with Gasteiger partial charge in [0.2, 0.25) is 5.91 Å². The number of hydrogen-bond acceptors (Lipinski definition) is 4. The van der Waals surface area contributed by atoms with Crippen molar-refractivity contribution in [2.24, 2.45) is 7.05 Å². The molecule has 158 valence electrons. The minimum atomic E-state index is -0.794. The lowest BCUT2D eigenvalue weighted by molar-refractivity contribution is -0.121. The second kappa shape index (κ2) is 8.39. The largest absolute Gasteiger partial charge is 0.342 e. The molecule has 0 spiro atoms. The van der Waals surface area contributed by atoms with Crippen molar-refractivity contribution >= 4 is 16.8 Å². The SMILES string of the molecule is Cn1ccnc1C(NC(=O)CCn1c(=O)[nH]c(=O)c2ccccc21)c1ccccc1F. The number of para-hydroxylation sites is 1. The van der Waals surface area contributed by atoms with Crippen LogP contribution in [0.3, 0.4) is 0 Å². The summed E-state index contributed by atoms with van der Waals surface area (Å²) in [6.07, 6.45) is 3.23. The molecule has 1 unspecified atom stereocenters. The Morgan fingerprint density at radius 1 is 1.16 bits per heavy atom. The molecule has 0 radical (unpaired) electrons. The van der Waals surface area contributed by atoms with E-state index in [0.29, 0.717) is 16.7 Å². The number of nitrogens with zero attached hydrogens (tertiary/aromatic N) is 3. The van der Waals surface area contributed by atoms with E-state index in [4.69, 9.17) is 0 Å². The van der Waals surface area contributed by atoms with Crippen LogP contribution < -0.4 is 16.6 Å². The van der Waals surface area contributed by atoms with E-state index in [2.05, 4.69) is 15.3 Å². The van der Waals surface area contributed by atoms with Crippen LogP contribution in [-0.4, -0.2) is 25.0 Å². The first kappa shape index (κ1) is 20.3. The van der Waals surface area contributed by atoms with Gasteiger partial charge in [0.15, 0.2) is 0 Å². The zero-order valence-corrected chi connectivity index (χ0v) is 16.7. The van der Waals surface area contributed by atoms with Crippen molar-refractivity contribution in [3.8, 4) is 0 Å². The number of imidazole rings is 1. The van der Waals surface area contributed by atoms with Crippen LogP contribution in [0.1, 0.15) is 23.9 Å². The number of rotatable bonds is 6. The van der Waals surface area contributed by atoms with E-state index >= 15 is 0 Å². The molecule has 0 aliphatic heterocycles. The van der Waals surface area contributed by atoms with Crippen molar-refractivity contribution in [2.75, 3.05) is 0 Å². The lowest BCUT2D eigenvalue weighted by Crippen LogP contribution is -2.34. The minimum absolute atomic E-state index is 0.0481. The standard InChI is InChI=1S/C22H20FN5O3/c1-27-13-11-24-20(27)19(14-6-2-4-8-16(14)23)25-18(29)10-12-28-17-9-5-3-7-15(17)21(30)26-22(28)31/h2-9,11,13,19H,10,12H2,1H3,(H,25,29)(H,26,30,31). The number of aromatic nitrogens is 4. The molecule has 2 N–H and O–H groups in total. The molecule has 1 atom stereocenters. The summed E-state index contributed by atoms with van der Waals surface area (Å²) in [7, 11) is 1.76. The molecule has 2 aromatic carbocycles. The smallest absolute Gasteiger partial charge is 0.328 e. The molecular formula is C22H20FN5O3. The number of carbonyl (C=O) groups is 1. The van der Waals surface area contributed by atoms with E-state index in [9.17, 15) is 18.8 Å². The Balaban J connectivity index is 1.60. The number of H-pyrrole nitrogens is 1. The lowest BCUT2D eigenvalue weighted by Gasteiger charge is -2.20. The number of hydrogen-bond donors (Lipinski definition) is 2. The summed E-state index contributed by atoms with van der Waals surface area (Å²) in [5, 5.41) is 3.18. The second-order valence-electron chi connectivity index (χ2n) is 7.10. The van der Waals surface area contributed by atoms with Crippen LogP contribution in [0.15, 0.2) is 70.5 Å². The van der Waals surface area contributed by atoms with Gasteiger partial charge in [-0.25, -0.2) is 14.2 Å². The fourth-order valence-electron chi connectivity index (χ4n) is 3.56. The summed E-state index contributed by atoms with van der Waals surface area (Å²) in [6.45, 7) is 0.0481. The first-order valence-corrected chi connectivity index (χ1v) is 9.68. The summed E-state index contributed by atoms with van der Waals surface area (Å²) >= 11 is 0. The van der Waals surface area contributed by atoms with Gasteiger partial charge in [-0.05, 0) is 18.2 Å². The Morgan fingerprint density at radius 3 is 2.65 bits per heavy atom. The van der Waals surface area contributed by atoms with Gasteiger partial charge in [0.1, 0.15) is 17.7 Å². The number of benzene rings is 2. The van der Waals surface area contributed by atoms with E-state index < -0.39 is 29.0 Å². The van der Waals surface area contributed by atoms with E-state index in [1.165, 1.54) is 10.6 Å². The van der Waals surface area contributed by atoms with Crippen LogP contribution in [0, 0.1) is 5.82 Å². The van der Waals surface area contributed by atoms with Gasteiger partial charge in [0, 0.05) is 38.0 Å². The number of nitrogens with one attached hydrogen (secondary N) is 2. The lowest BCUT2D eigenvalue weighted by atomic mass is 10.1. The maximum absolute atomic E-state index is 14.5. The van der Waals surface area contributed by atoms with Crippen molar-refractivity contribution in [1.29, 1.82) is 0 Å². The van der Waals surface area contributed by atoms with Gasteiger partial charge in [0.05, 0.1) is 10.9 Å². The zero-order valence-electron chi connectivity index (χ0n) is 16.7. The van der Waals surface area contributed by atoms with Gasteiger partial charge in [0.25, 0.3) is 5.56 Å². The van der Waals surface area contributed by atoms with E-state index in [0.717, 1.165) is 0 Å². The Kier molecular flexibility index (Phi) is 5.48. The molecule has 0 aliphatic rings. The van der Waals surface area contributed by atoms with E-state index in [-0.39, 0.29) is 18.5 Å². The molecule has 0 saturated heterocycles. The van der Waals surface area contributed by atoms with Crippen molar-refractivity contribution in [2.45, 2.75) is 19.0 Å². The maximum atomic E-state index is 14.5. The van der Waals surface area contributed by atoms with Crippen LogP contribution in [0.4, 0.5) is 4.39 Å². The van der Waals surface area contributed by atoms with Crippen molar-refractivity contribution in [3.05, 3.63) is 99.0 Å². The molecule has 4 rings (SSSR count). The molecule has 31 heavy (non-hydrogen) atoms. The summed E-state index contributed by atoms with van der Waals surface area (Å²) in [4.78, 5) is 43.6. The normalized spacial score (nSPS) is 12.1. The van der Waals surface area contributed by atoms with Crippen LogP contribution in [0.25, 0.3) is 10.9 Å². The predicted octanol–water partition coefficient (Wildman–Crippen LogP) is 1.86. The number of carbonyl (C=O) groups excluding carboxylic acids is 1. The summed E-state index contributed by atoms with van der Waals surface area (Å²) in [5.41, 5.74) is -0.336. The number of aryl methyl sites for hydroxylation is 2. The van der Waals surface area contributed by atoms with Crippen LogP contribution in [0.5, 0.6) is 0 Å². The molecule has 1 amide bonds. The average Bonchev–Trinajstić information content (AvgIpc) is 3.18. The van der Waals surface area contributed by atoms with Crippen molar-refractivity contribution in [3.63, 3.8) is 0 Å². The van der Waals surface area contributed by atoms with Gasteiger partial charge in [-0.1, -0.05) is 30.3 Å². The van der Waals surface area contributed by atoms with Crippen LogP contribution in [-0.2, 0) is 18.4 Å². The molecule has 2 heterocycles. The maximum Gasteiger partial charge on any atom is 0.328 e. The van der Waals surface area contributed by atoms with Gasteiger partial charge in [-0.3, -0.25) is 19.1 Å². The number of amides is 1. The van der Waals surface area contributed by atoms with Gasteiger partial charge in [-0.2, -0.15) is 0 Å². The highest BCUT2D eigenvalue weighted by molar-refractivity contribution is 5.79. The molecule has 2 aromatic heterocycles. The third-order valence-electron chi connectivity index (χ3n) is 5.11. The van der Waals surface area contributed by atoms with E-state index in [1.807, 2.05) is 0 Å². The van der Waals surface area contributed by atoms with Gasteiger partial charge >= 0.3 is 5.69 Å². The molecule has 0 saturated carbocycles. The fourth-order valence-corrected chi connectivity index (χ4v) is 3.56. The van der Waals surface area contributed by atoms with Crippen LogP contribution >= 0.6 is 0 Å². The second-order valence-corrected chi connectivity index (χ2v) is 7.10. The van der Waals surface area contributed by atoms with E-state index in [1.54, 1.807) is 66.5 Å². The van der Waals surface area contributed by atoms with Crippen molar-refractivity contribution in [1.82, 2.24) is 24.4 Å². The quantitative estimate of drug-likeness (QED) is 0.496. The van der Waals surface area contributed by atoms with Crippen LogP contribution in [0.2, 0.25) is 0 Å². The van der Waals surface area contributed by atoms with Crippen molar-refractivity contribution < 1.29 is 9.18 Å². The number of fused-ring (bicyclic) bond motifs is 1. The molecule has 0 aliphatic carbocycles. The molecular weight excluding hydrogens is 401 g/mol. The highest BCUT2D eigenvalue weighted by Gasteiger charge is 2.23. The summed E-state index contributed by atoms with van der Waals surface area (Å²) in [6, 6.07) is 12.1. The Labute approximate surface area is 176 Å². The molecule has 0 fully saturated rings. The average molecular weight is 421 g/mol. The molecule has 4 aromatic rings. The molecule has 0 bridgehead atoms. The molecule has 9 heteroatoms. The third kappa shape index (κ3) is 4.02. The Bertz CT molecular complexity index is 1370. The number of aromatic amines is 1. The predicted molar refractivity (Wildman–Crippen MR) is 113 cm³/mol. The highest BCUT2D eigenvalue weighted by atomic mass is 19.1. The van der Waals surface area contributed by atoms with Gasteiger partial charge in [-0.15, -0.1) is 0 Å². The Hall–Kier alpha value is -4.01. The fraction of sp³-hybridized carbons (Fsp3) is 0.182. The minimum Gasteiger partial charge on any atom is -0.342 e. The zero-order chi connectivity index (χ0) is 22.0. The Morgan fingerprint density at radius 2 is 1.90 bits per heavy atom. The highest BCUT2D eigenvalue weighted by Crippen LogP contribution is 2.23. The first-order chi connectivity index (χ1) is 15.0. The van der Waals surface area contributed by atoms with Gasteiger partial charge < -0.3 is 9.88 Å². The molecule has 8 nitrogen and oxygen atoms in total. The first-order valence-electron chi connectivity index (χ1n) is 9.68. The third-order valence-corrected chi connectivity index (χ3v) is 5.11. The monoisotopic (exact) mass is 421 g/mol. The number of halogens is 1.